The van der Waals surface area contributed by atoms with Gasteiger partial charge < -0.3 is 5.32 Å². The van der Waals surface area contributed by atoms with Gasteiger partial charge in [0.2, 0.25) is 0 Å². The van der Waals surface area contributed by atoms with Gasteiger partial charge in [-0.1, -0.05) is 54.4 Å². The third-order valence-electron chi connectivity index (χ3n) is 4.76. The Kier molecular flexibility index (Phi) is 7.81. The van der Waals surface area contributed by atoms with Crippen LogP contribution in [0.3, 0.4) is 0 Å². The lowest BCUT2D eigenvalue weighted by Crippen LogP contribution is -2.51. The molecule has 2 heteroatoms. The van der Waals surface area contributed by atoms with Gasteiger partial charge in [-0.2, -0.15) is 0 Å². The molecule has 1 saturated carbocycles. The van der Waals surface area contributed by atoms with Gasteiger partial charge in [0.1, 0.15) is 0 Å². The molecule has 0 aliphatic heterocycles. The van der Waals surface area contributed by atoms with Crippen LogP contribution in [0.25, 0.3) is 0 Å². The molecule has 0 spiro atoms. The molecule has 0 saturated heterocycles. The van der Waals surface area contributed by atoms with E-state index in [0.29, 0.717) is 11.2 Å². The summed E-state index contributed by atoms with van der Waals surface area (Å²) in [6.45, 7) is 15.0. The third-order valence-corrected chi connectivity index (χ3v) is 4.76. The summed E-state index contributed by atoms with van der Waals surface area (Å²) >= 11 is 0. The van der Waals surface area contributed by atoms with Crippen LogP contribution in [-0.2, 0) is 4.79 Å². The van der Waals surface area contributed by atoms with E-state index in [4.69, 9.17) is 0 Å². The number of hydrogen-bond acceptors (Lipinski definition) is 2. The Morgan fingerprint density at radius 3 is 1.95 bits per heavy atom. The molecule has 1 aliphatic carbocycles. The Morgan fingerprint density at radius 2 is 1.55 bits per heavy atom. The summed E-state index contributed by atoms with van der Waals surface area (Å²) in [4.78, 5) is 12.8. The molecule has 22 heavy (non-hydrogen) atoms. The first-order valence-corrected chi connectivity index (χ1v) is 8.75. The van der Waals surface area contributed by atoms with E-state index in [0.717, 1.165) is 6.42 Å². The zero-order valence-corrected chi connectivity index (χ0v) is 15.4. The molecule has 0 amide bonds. The second-order valence-corrected chi connectivity index (χ2v) is 9.47. The lowest BCUT2D eigenvalue weighted by molar-refractivity contribution is -0.129. The van der Waals surface area contributed by atoms with Crippen molar-refractivity contribution in [3.05, 3.63) is 0 Å². The van der Waals surface area contributed by atoms with Crippen molar-refractivity contribution in [3.63, 3.8) is 0 Å². The number of carbonyl (C=O) groups excluding carboxylic acids is 1. The van der Waals surface area contributed by atoms with Crippen LogP contribution in [0, 0.1) is 10.8 Å². The predicted molar refractivity (Wildman–Crippen MR) is 98.3 cm³/mol. The number of carbonyl (C=O) groups is 1. The van der Waals surface area contributed by atoms with Crippen molar-refractivity contribution in [2.45, 2.75) is 112 Å². The zero-order valence-electron chi connectivity index (χ0n) is 15.4. The van der Waals surface area contributed by atoms with Gasteiger partial charge in [-0.15, -0.1) is 0 Å². The molecule has 1 aliphatic rings. The van der Waals surface area contributed by atoms with Crippen molar-refractivity contribution < 1.29 is 4.79 Å². The van der Waals surface area contributed by atoms with Crippen molar-refractivity contribution >= 4 is 5.78 Å². The Bertz CT molecular complexity index is 340. The minimum atomic E-state index is -0.267. The highest BCUT2D eigenvalue weighted by atomic mass is 16.1. The summed E-state index contributed by atoms with van der Waals surface area (Å²) in [7, 11) is 0. The first-order valence-electron chi connectivity index (χ1n) is 8.75. The van der Waals surface area contributed by atoms with E-state index in [2.05, 4.69) is 33.0 Å². The molecular formula is C20H41NO. The minimum Gasteiger partial charge on any atom is -0.303 e. The summed E-state index contributed by atoms with van der Waals surface area (Å²) < 4.78 is 0. The van der Waals surface area contributed by atoms with Crippen LogP contribution in [0.5, 0.6) is 0 Å². The Labute approximate surface area is 139 Å². The lowest BCUT2D eigenvalue weighted by Gasteiger charge is -2.37. The Hall–Kier alpha value is -0.370. The number of ketones is 1. The van der Waals surface area contributed by atoms with Crippen molar-refractivity contribution in [2.24, 2.45) is 10.8 Å². The number of nitrogens with one attached hydrogen (secondary N) is 1. The highest BCUT2D eigenvalue weighted by Crippen LogP contribution is 2.40. The summed E-state index contributed by atoms with van der Waals surface area (Å²) in [6, 6.07) is -0.0104. The number of rotatable bonds is 5. The summed E-state index contributed by atoms with van der Waals surface area (Å²) in [5.41, 5.74) is 0.170. The maximum absolute atomic E-state index is 12.8. The molecule has 0 radical (unpaired) electrons. The maximum Gasteiger partial charge on any atom is 0.155 e. The average molecular weight is 312 g/mol. The maximum atomic E-state index is 12.8. The van der Waals surface area contributed by atoms with Gasteiger partial charge in [0, 0.05) is 11.0 Å². The molecule has 1 rings (SSSR count). The molecule has 1 fully saturated rings. The van der Waals surface area contributed by atoms with Gasteiger partial charge >= 0.3 is 0 Å². The van der Waals surface area contributed by atoms with Gasteiger partial charge in [0.05, 0.1) is 6.04 Å². The summed E-state index contributed by atoms with van der Waals surface area (Å²) in [5, 5.41) is 3.57. The molecule has 132 valence electrons. The van der Waals surface area contributed by atoms with Crippen molar-refractivity contribution in [1.29, 1.82) is 0 Å². The molecule has 0 aromatic heterocycles. The summed E-state index contributed by atoms with van der Waals surface area (Å²) in [5.74, 6) is 0.358. The molecular weight excluding hydrogens is 270 g/mol. The van der Waals surface area contributed by atoms with Crippen LogP contribution < -0.4 is 5.32 Å². The van der Waals surface area contributed by atoms with Crippen LogP contribution in [-0.4, -0.2) is 17.4 Å². The molecule has 0 heterocycles. The molecule has 0 aromatic carbocycles. The van der Waals surface area contributed by atoms with Crippen molar-refractivity contribution in [2.75, 3.05) is 0 Å². The third kappa shape index (κ3) is 7.26. The zero-order chi connectivity index (χ0) is 16.3. The van der Waals surface area contributed by atoms with E-state index >= 15 is 0 Å². The largest absolute Gasteiger partial charge is 0.303 e. The monoisotopic (exact) mass is 311 g/mol. The highest BCUT2D eigenvalue weighted by molar-refractivity contribution is 5.88. The van der Waals surface area contributed by atoms with Crippen LogP contribution in [0.1, 0.15) is 101 Å². The molecule has 0 bridgehead atoms. The lowest BCUT2D eigenvalue weighted by atomic mass is 9.71. The van der Waals surface area contributed by atoms with E-state index in [-0.39, 0.29) is 24.4 Å². The topological polar surface area (TPSA) is 29.1 Å². The number of Topliss-reactive ketones (excluding diaryl/α,β-unsaturated/α-hetero) is 1. The molecule has 2 nitrogen and oxygen atoms in total. The molecule has 1 atom stereocenters. The highest BCUT2D eigenvalue weighted by Gasteiger charge is 2.34. The second kappa shape index (κ2) is 7.95. The standard InChI is InChI=1S/C19H37NO.CH4/c1-17(2,3)16(21)15(20-18(4,5)6)11-14-19(7)12-9-8-10-13-19;/h15,20H,8-14H2,1-7H3;1H4. The van der Waals surface area contributed by atoms with E-state index < -0.39 is 0 Å². The first-order chi connectivity index (χ1) is 9.43. The fraction of sp³-hybridized carbons (Fsp3) is 0.950. The molecule has 1 unspecified atom stereocenters. The van der Waals surface area contributed by atoms with Crippen molar-refractivity contribution in [3.8, 4) is 0 Å². The SMILES string of the molecule is C.CC1(CCC(NC(C)(C)C)C(=O)C(C)(C)C)CCCCC1. The van der Waals surface area contributed by atoms with Crippen LogP contribution >= 0.6 is 0 Å². The first kappa shape index (κ1) is 21.6. The van der Waals surface area contributed by atoms with Gasteiger partial charge in [0.15, 0.2) is 5.78 Å². The Balaban J connectivity index is 0.00000441. The van der Waals surface area contributed by atoms with E-state index in [1.54, 1.807) is 0 Å². The van der Waals surface area contributed by atoms with Gasteiger partial charge in [-0.3, -0.25) is 4.79 Å². The quantitative estimate of drug-likeness (QED) is 0.701. The predicted octanol–water partition coefficient (Wildman–Crippen LogP) is 5.75. The summed E-state index contributed by atoms with van der Waals surface area (Å²) in [6.07, 6.45) is 8.92. The van der Waals surface area contributed by atoms with Gasteiger partial charge in [-0.25, -0.2) is 0 Å². The van der Waals surface area contributed by atoms with Crippen LogP contribution in [0.15, 0.2) is 0 Å². The van der Waals surface area contributed by atoms with Crippen LogP contribution in [0.2, 0.25) is 0 Å². The van der Waals surface area contributed by atoms with E-state index in [9.17, 15) is 4.79 Å². The van der Waals surface area contributed by atoms with Crippen molar-refractivity contribution in [1.82, 2.24) is 5.32 Å². The normalized spacial score (nSPS) is 20.1. The fourth-order valence-corrected chi connectivity index (χ4v) is 3.46. The number of hydrogen-bond donors (Lipinski definition) is 1. The second-order valence-electron chi connectivity index (χ2n) is 9.47. The van der Waals surface area contributed by atoms with Gasteiger partial charge in [-0.05, 0) is 51.9 Å². The fourth-order valence-electron chi connectivity index (χ4n) is 3.46. The smallest absolute Gasteiger partial charge is 0.155 e. The van der Waals surface area contributed by atoms with E-state index in [1.807, 2.05) is 20.8 Å². The Morgan fingerprint density at radius 1 is 1.05 bits per heavy atom. The van der Waals surface area contributed by atoms with Gasteiger partial charge in [0.25, 0.3) is 0 Å². The average Bonchev–Trinajstić information content (AvgIpc) is 2.32. The minimum absolute atomic E-state index is 0. The van der Waals surface area contributed by atoms with E-state index in [1.165, 1.54) is 38.5 Å². The van der Waals surface area contributed by atoms with Crippen LogP contribution in [0.4, 0.5) is 0 Å². The molecule has 1 N–H and O–H groups in total. The molecule has 0 aromatic rings.